The fourth-order valence-electron chi connectivity index (χ4n) is 3.48. The number of carbonyl (C=O) groups excluding carboxylic acids is 3. The monoisotopic (exact) mass is 454 g/mol. The second-order valence-corrected chi connectivity index (χ2v) is 8.04. The Balaban J connectivity index is 1.62. The van der Waals surface area contributed by atoms with E-state index in [1.807, 2.05) is 0 Å². The molecule has 1 aromatic heterocycles. The number of amides is 2. The van der Waals surface area contributed by atoms with E-state index in [-0.39, 0.29) is 30.8 Å². The van der Waals surface area contributed by atoms with Crippen LogP contribution in [-0.2, 0) is 14.3 Å². The van der Waals surface area contributed by atoms with Crippen molar-refractivity contribution in [3.8, 4) is 17.5 Å². The number of anilines is 1. The smallest absolute Gasteiger partial charge is 0.361 e. The molecule has 2 N–H and O–H groups in total. The average molecular weight is 454 g/mol. The van der Waals surface area contributed by atoms with Crippen molar-refractivity contribution in [2.45, 2.75) is 31.5 Å². The fourth-order valence-corrected chi connectivity index (χ4v) is 3.48. The summed E-state index contributed by atoms with van der Waals surface area (Å²) in [6.07, 6.45) is 0.638. The summed E-state index contributed by atoms with van der Waals surface area (Å²) in [5, 5.41) is 17.3. The first-order chi connectivity index (χ1) is 15.7. The number of hydrogen-bond acceptors (Lipinski definition) is 6. The number of likely N-dealkylation sites (tertiary alicyclic amines) is 1. The molecule has 2 fully saturated rings. The summed E-state index contributed by atoms with van der Waals surface area (Å²) < 4.78 is 19.6. The van der Waals surface area contributed by atoms with E-state index in [9.17, 15) is 23.9 Å². The third-order valence-electron chi connectivity index (χ3n) is 5.52. The Hall–Kier alpha value is -3.71. The zero-order valence-corrected chi connectivity index (χ0v) is 18.2. The molecule has 3 atom stereocenters. The van der Waals surface area contributed by atoms with Crippen LogP contribution < -0.4 is 5.32 Å². The summed E-state index contributed by atoms with van der Waals surface area (Å²) in [7, 11) is 1.61. The molecule has 0 unspecified atom stereocenters. The minimum Gasteiger partial charge on any atom is -0.461 e. The Labute approximate surface area is 189 Å². The fraction of sp³-hybridized carbons (Fsp3) is 0.391. The van der Waals surface area contributed by atoms with Gasteiger partial charge in [-0.1, -0.05) is 17.9 Å². The molecular formula is C23H23FN4O5. The molecule has 172 valence electrons. The summed E-state index contributed by atoms with van der Waals surface area (Å²) in [4.78, 5) is 38.1. The normalized spacial score (nSPS) is 23.6. The van der Waals surface area contributed by atoms with Crippen molar-refractivity contribution in [2.75, 3.05) is 25.5 Å². The Kier molecular flexibility index (Phi) is 5.91. The van der Waals surface area contributed by atoms with E-state index in [1.54, 1.807) is 38.2 Å². The molecule has 2 aromatic rings. The molecule has 1 aliphatic carbocycles. The van der Waals surface area contributed by atoms with E-state index < -0.39 is 35.5 Å². The highest BCUT2D eigenvalue weighted by Gasteiger charge is 2.44. The molecule has 1 aromatic carbocycles. The van der Waals surface area contributed by atoms with E-state index in [2.05, 4.69) is 22.3 Å². The highest BCUT2D eigenvalue weighted by molar-refractivity contribution is 6.01. The lowest BCUT2D eigenvalue weighted by atomic mass is 10.0. The average Bonchev–Trinajstić information content (AvgIpc) is 3.30. The summed E-state index contributed by atoms with van der Waals surface area (Å²) >= 11 is 0. The van der Waals surface area contributed by atoms with Gasteiger partial charge in [-0.2, -0.15) is 5.10 Å². The number of benzene rings is 1. The summed E-state index contributed by atoms with van der Waals surface area (Å²) in [5.74, 6) is 3.06. The number of aromatic nitrogens is 2. The summed E-state index contributed by atoms with van der Waals surface area (Å²) in [6, 6.07) is 6.77. The molecule has 0 radical (unpaired) electrons. The van der Waals surface area contributed by atoms with Crippen LogP contribution in [0.15, 0.2) is 30.5 Å². The number of ether oxygens (including phenoxy) is 1. The van der Waals surface area contributed by atoms with Crippen LogP contribution in [-0.4, -0.2) is 69.5 Å². The number of likely N-dealkylation sites (N-methyl/N-ethyl adjacent to an activating group) is 1. The zero-order chi connectivity index (χ0) is 23.8. The van der Waals surface area contributed by atoms with Crippen LogP contribution in [0.1, 0.15) is 35.8 Å². The van der Waals surface area contributed by atoms with Crippen LogP contribution in [0.3, 0.4) is 0 Å². The largest absolute Gasteiger partial charge is 0.461 e. The lowest BCUT2D eigenvalue weighted by Crippen LogP contribution is -2.37. The Morgan fingerprint density at radius 1 is 1.42 bits per heavy atom. The highest BCUT2D eigenvalue weighted by Crippen LogP contribution is 2.35. The van der Waals surface area contributed by atoms with Crippen LogP contribution in [0.2, 0.25) is 0 Å². The number of esters is 1. The van der Waals surface area contributed by atoms with Crippen LogP contribution >= 0.6 is 0 Å². The second-order valence-electron chi connectivity index (χ2n) is 8.04. The van der Waals surface area contributed by atoms with E-state index >= 15 is 0 Å². The molecule has 9 nitrogen and oxygen atoms in total. The summed E-state index contributed by atoms with van der Waals surface area (Å²) in [6.45, 7) is 2.19. The van der Waals surface area contributed by atoms with Gasteiger partial charge in [-0.3, -0.25) is 9.59 Å². The van der Waals surface area contributed by atoms with Crippen LogP contribution in [0.4, 0.5) is 10.1 Å². The first-order valence-electron chi connectivity index (χ1n) is 10.5. The minimum absolute atomic E-state index is 0.105. The molecule has 4 rings (SSSR count). The van der Waals surface area contributed by atoms with Gasteiger partial charge in [-0.05, 0) is 31.5 Å². The van der Waals surface area contributed by atoms with Crippen molar-refractivity contribution in [3.63, 3.8) is 0 Å². The van der Waals surface area contributed by atoms with Crippen molar-refractivity contribution in [1.82, 2.24) is 14.7 Å². The summed E-state index contributed by atoms with van der Waals surface area (Å²) in [5.41, 5.74) is -0.679. The molecule has 33 heavy (non-hydrogen) atoms. The topological polar surface area (TPSA) is 114 Å². The van der Waals surface area contributed by atoms with Crippen LogP contribution in [0, 0.1) is 17.8 Å². The molecule has 10 heteroatoms. The number of hydrogen-bond donors (Lipinski definition) is 2. The lowest BCUT2D eigenvalue weighted by Gasteiger charge is -2.13. The maximum Gasteiger partial charge on any atom is 0.361 e. The molecule has 1 aliphatic heterocycles. The maximum absolute atomic E-state index is 13.3. The van der Waals surface area contributed by atoms with Gasteiger partial charge in [-0.15, -0.1) is 0 Å². The van der Waals surface area contributed by atoms with Gasteiger partial charge in [0.2, 0.25) is 11.5 Å². The lowest BCUT2D eigenvalue weighted by molar-refractivity contribution is -0.137. The number of carbonyl (C=O) groups is 3. The number of nitrogens with zero attached hydrogens (tertiary/aromatic N) is 3. The molecule has 2 aliphatic rings. The predicted molar refractivity (Wildman–Crippen MR) is 115 cm³/mol. The first-order valence-corrected chi connectivity index (χ1v) is 10.5. The van der Waals surface area contributed by atoms with Crippen molar-refractivity contribution < 1.29 is 28.6 Å². The van der Waals surface area contributed by atoms with Gasteiger partial charge in [0.1, 0.15) is 6.17 Å². The van der Waals surface area contributed by atoms with Crippen LogP contribution in [0.5, 0.6) is 0 Å². The standard InChI is InChI=1S/C23H23FN4O5/c1-3-33-21(30)19-18(25-20(29)16-12-17(16)24)13-28(26-19)15-6-4-5-14(11-15)7-8-23(32)9-10-27(2)22(23)31/h4-6,11,13,16-17,32H,3,9-10,12H2,1-2H3,(H,25,29)/t16-,17+,23+/m1/s1. The number of halogens is 1. The predicted octanol–water partition coefficient (Wildman–Crippen LogP) is 1.29. The third kappa shape index (κ3) is 4.59. The number of rotatable bonds is 5. The molecule has 1 saturated carbocycles. The Morgan fingerprint density at radius 2 is 2.18 bits per heavy atom. The van der Waals surface area contributed by atoms with Gasteiger partial charge in [0.25, 0.3) is 5.91 Å². The van der Waals surface area contributed by atoms with Gasteiger partial charge < -0.3 is 20.1 Å². The van der Waals surface area contributed by atoms with E-state index in [1.165, 1.54) is 15.8 Å². The van der Waals surface area contributed by atoms with Crippen molar-refractivity contribution in [3.05, 3.63) is 41.7 Å². The molecule has 0 spiro atoms. The van der Waals surface area contributed by atoms with Gasteiger partial charge >= 0.3 is 5.97 Å². The van der Waals surface area contributed by atoms with E-state index in [0.717, 1.165) is 0 Å². The number of aliphatic hydroxyl groups is 1. The molecular weight excluding hydrogens is 431 g/mol. The molecule has 2 heterocycles. The van der Waals surface area contributed by atoms with Gasteiger partial charge in [-0.25, -0.2) is 13.9 Å². The van der Waals surface area contributed by atoms with Gasteiger partial charge in [0.05, 0.1) is 30.1 Å². The molecule has 2 amide bonds. The van der Waals surface area contributed by atoms with E-state index in [0.29, 0.717) is 17.8 Å². The van der Waals surface area contributed by atoms with Crippen molar-refractivity contribution >= 4 is 23.5 Å². The van der Waals surface area contributed by atoms with Gasteiger partial charge in [0.15, 0.2) is 5.69 Å². The Bertz CT molecular complexity index is 1180. The first kappa shape index (κ1) is 22.5. The SMILES string of the molecule is CCOC(=O)c1nn(-c2cccc(C#C[C@]3(O)CCN(C)C3=O)c2)cc1NC(=O)[C@@H]1C[C@@H]1F. The molecule has 0 bridgehead atoms. The minimum atomic E-state index is -1.72. The number of nitrogens with one attached hydrogen (secondary N) is 1. The third-order valence-corrected chi connectivity index (χ3v) is 5.52. The van der Waals surface area contributed by atoms with Gasteiger partial charge in [0, 0.05) is 25.6 Å². The maximum atomic E-state index is 13.3. The van der Waals surface area contributed by atoms with Crippen LogP contribution in [0.25, 0.3) is 5.69 Å². The molecule has 1 saturated heterocycles. The highest BCUT2D eigenvalue weighted by atomic mass is 19.1. The van der Waals surface area contributed by atoms with E-state index in [4.69, 9.17) is 4.74 Å². The number of alkyl halides is 1. The quantitative estimate of drug-likeness (QED) is 0.520. The van der Waals surface area contributed by atoms with Crippen molar-refractivity contribution in [2.24, 2.45) is 5.92 Å². The second kappa shape index (κ2) is 8.67. The zero-order valence-electron chi connectivity index (χ0n) is 18.2. The van der Waals surface area contributed by atoms with Crippen molar-refractivity contribution in [1.29, 1.82) is 0 Å². The Morgan fingerprint density at radius 3 is 2.82 bits per heavy atom.